The van der Waals surface area contributed by atoms with Gasteiger partial charge in [0.15, 0.2) is 0 Å². The van der Waals surface area contributed by atoms with Crippen molar-refractivity contribution in [3.63, 3.8) is 0 Å². The minimum atomic E-state index is -0.571. The Morgan fingerprint density at radius 2 is 1.02 bits per heavy atom. The molecule has 9 aromatic rings. The molecule has 2 unspecified atom stereocenters. The molecule has 0 fully saturated rings. The van der Waals surface area contributed by atoms with Crippen molar-refractivity contribution < 1.29 is 0 Å². The van der Waals surface area contributed by atoms with E-state index in [9.17, 15) is 0 Å². The Morgan fingerprint density at radius 1 is 0.469 bits per heavy atom. The van der Waals surface area contributed by atoms with Crippen LogP contribution in [-0.2, 0) is 27.1 Å². The molecule has 0 radical (unpaired) electrons. The highest BCUT2D eigenvalue weighted by Crippen LogP contribution is 2.63. The molecule has 0 saturated carbocycles. The molecule has 3 nitrogen and oxygen atoms in total. The SMILES string of the molecule is CC(C)(C)c1ccc(N(c2ccc(C(C)(C)C)cc2)c2ccc3c(c2)N(c2ccc4c(c2)C(C)(C)CCC4(C)C)B2c4c-3cc(-c3ccccc3)cc4N3c4ccccc4C(c4ccccc4)(c4ccccc4)C4=CC=CC2C43)cc1. The lowest BCUT2D eigenvalue weighted by Gasteiger charge is -2.59. The summed E-state index contributed by atoms with van der Waals surface area (Å²) in [4.78, 5) is 8.09. The van der Waals surface area contributed by atoms with Gasteiger partial charge in [0.2, 0.25) is 0 Å². The monoisotopic (exact) mass is 1050 g/mol. The topological polar surface area (TPSA) is 9.72 Å². The van der Waals surface area contributed by atoms with Gasteiger partial charge in [-0.3, -0.25) is 0 Å². The summed E-state index contributed by atoms with van der Waals surface area (Å²) in [5.41, 5.74) is 25.2. The normalized spacial score (nSPS) is 18.6. The van der Waals surface area contributed by atoms with Crippen LogP contribution in [0, 0.1) is 0 Å². The van der Waals surface area contributed by atoms with E-state index in [1.54, 1.807) is 0 Å². The molecule has 0 bridgehead atoms. The number of hydrogen-bond donors (Lipinski definition) is 0. The Balaban J connectivity index is 1.08. The highest BCUT2D eigenvalue weighted by Gasteiger charge is 2.59. The molecular formula is C77H74BN3. The molecule has 0 aromatic heterocycles. The van der Waals surface area contributed by atoms with Gasteiger partial charge in [0.05, 0.1) is 11.5 Å². The van der Waals surface area contributed by atoms with E-state index in [2.05, 4.69) is 314 Å². The van der Waals surface area contributed by atoms with Crippen LogP contribution in [0.15, 0.2) is 236 Å². The van der Waals surface area contributed by atoms with Gasteiger partial charge in [-0.1, -0.05) is 233 Å². The first-order chi connectivity index (χ1) is 38.9. The zero-order valence-corrected chi connectivity index (χ0v) is 48.9. The maximum atomic E-state index is 2.82. The number of hydrogen-bond acceptors (Lipinski definition) is 3. The van der Waals surface area contributed by atoms with Crippen LogP contribution in [0.5, 0.6) is 0 Å². The van der Waals surface area contributed by atoms with Gasteiger partial charge in [0.25, 0.3) is 0 Å². The zero-order chi connectivity index (χ0) is 55.8. The number of anilines is 7. The van der Waals surface area contributed by atoms with Crippen molar-refractivity contribution in [2.75, 3.05) is 14.6 Å². The van der Waals surface area contributed by atoms with E-state index in [1.165, 1.54) is 101 Å². The van der Waals surface area contributed by atoms with Crippen LogP contribution < -0.4 is 20.1 Å². The zero-order valence-electron chi connectivity index (χ0n) is 48.9. The molecule has 2 atom stereocenters. The summed E-state index contributed by atoms with van der Waals surface area (Å²) < 4.78 is 0. The van der Waals surface area contributed by atoms with E-state index in [-0.39, 0.29) is 40.4 Å². The number of fused-ring (bicyclic) bond motifs is 7. The minimum absolute atomic E-state index is 0.00623. The van der Waals surface area contributed by atoms with Gasteiger partial charge in [-0.15, -0.1) is 0 Å². The Bertz CT molecular complexity index is 3870. The minimum Gasteiger partial charge on any atom is -0.380 e. The van der Waals surface area contributed by atoms with Crippen molar-refractivity contribution in [1.82, 2.24) is 0 Å². The quantitative estimate of drug-likeness (QED) is 0.147. The molecule has 14 rings (SSSR count). The van der Waals surface area contributed by atoms with Gasteiger partial charge in [0, 0.05) is 51.2 Å². The van der Waals surface area contributed by atoms with Crippen LogP contribution in [0.4, 0.5) is 39.8 Å². The van der Waals surface area contributed by atoms with Gasteiger partial charge in [-0.05, 0) is 168 Å². The van der Waals surface area contributed by atoms with Crippen LogP contribution in [0.2, 0.25) is 5.82 Å². The highest BCUT2D eigenvalue weighted by molar-refractivity contribution is 6.84. The second-order valence-electron chi connectivity index (χ2n) is 27.2. The fourth-order valence-electron chi connectivity index (χ4n) is 15.0. The summed E-state index contributed by atoms with van der Waals surface area (Å²) in [6, 6.07) is 81.9. The summed E-state index contributed by atoms with van der Waals surface area (Å²) in [5, 5.41) is 0. The number of allylic oxidation sites excluding steroid dienone is 2. The smallest absolute Gasteiger partial charge is 0.306 e. The van der Waals surface area contributed by atoms with Crippen LogP contribution >= 0.6 is 0 Å². The third-order valence-corrected chi connectivity index (χ3v) is 19.3. The molecule has 0 spiro atoms. The predicted octanol–water partition coefficient (Wildman–Crippen LogP) is 19.5. The lowest BCUT2D eigenvalue weighted by atomic mass is 9.36. The van der Waals surface area contributed by atoms with Crippen molar-refractivity contribution in [1.29, 1.82) is 0 Å². The first-order valence-corrected chi connectivity index (χ1v) is 29.7. The van der Waals surface area contributed by atoms with Crippen molar-refractivity contribution >= 4 is 52.1 Å². The molecule has 3 heterocycles. The van der Waals surface area contributed by atoms with Gasteiger partial charge >= 0.3 is 6.85 Å². The molecule has 5 aliphatic rings. The lowest BCUT2D eigenvalue weighted by Crippen LogP contribution is -2.65. The number of rotatable bonds is 7. The summed E-state index contributed by atoms with van der Waals surface area (Å²) in [5.74, 6) is 0.0299. The number of para-hydroxylation sites is 1. The predicted molar refractivity (Wildman–Crippen MR) is 345 cm³/mol. The van der Waals surface area contributed by atoms with Crippen LogP contribution in [-0.4, -0.2) is 12.9 Å². The van der Waals surface area contributed by atoms with E-state index >= 15 is 0 Å². The largest absolute Gasteiger partial charge is 0.380 e. The molecule has 81 heavy (non-hydrogen) atoms. The summed E-state index contributed by atoms with van der Waals surface area (Å²) in [6.45, 7) is 23.6. The van der Waals surface area contributed by atoms with Gasteiger partial charge < -0.3 is 14.6 Å². The molecule has 3 aliphatic heterocycles. The maximum absolute atomic E-state index is 2.82. The third-order valence-electron chi connectivity index (χ3n) is 19.3. The fourth-order valence-corrected chi connectivity index (χ4v) is 15.0. The van der Waals surface area contributed by atoms with Gasteiger partial charge in [0.1, 0.15) is 0 Å². The van der Waals surface area contributed by atoms with E-state index in [4.69, 9.17) is 0 Å². The Labute approximate surface area is 482 Å². The van der Waals surface area contributed by atoms with Crippen molar-refractivity contribution in [2.24, 2.45) is 0 Å². The maximum Gasteiger partial charge on any atom is 0.306 e. The standard InChI is InChI=1S/C77H74BN3/c1-73(2,3)53-33-37-57(38-34-53)79(58-39-35-54(36-40-58)74(4,5)6)59-41-43-61-62-47-52(51-23-14-11-15-24-51)48-70-71(62)78(81(69(61)50-59)60-42-44-63-66(49-60)76(9,10)46-45-75(63,7)8)67-31-22-30-65-72(67)80(70)68-32-21-20-29-64(68)77(65,55-25-16-12-17-26-55)56-27-18-13-19-28-56/h11-44,47-50,67,72H,45-46H2,1-10H3. The lowest BCUT2D eigenvalue weighted by molar-refractivity contribution is 0.332. The molecule has 4 heteroatoms. The number of benzene rings is 9. The first kappa shape index (κ1) is 51.1. The second-order valence-corrected chi connectivity index (χ2v) is 27.2. The molecular weight excluding hydrogens is 978 g/mol. The third kappa shape index (κ3) is 7.98. The van der Waals surface area contributed by atoms with Gasteiger partial charge in [-0.2, -0.15) is 0 Å². The second kappa shape index (κ2) is 18.5. The van der Waals surface area contributed by atoms with E-state index in [0.717, 1.165) is 23.5 Å². The van der Waals surface area contributed by atoms with Crippen LogP contribution in [0.1, 0.15) is 121 Å². The van der Waals surface area contributed by atoms with Gasteiger partial charge in [-0.25, -0.2) is 0 Å². The fraction of sp³-hybridized carbons (Fsp3) is 0.247. The molecule has 400 valence electrons. The Morgan fingerprint density at radius 3 is 1.63 bits per heavy atom. The average Bonchev–Trinajstić information content (AvgIpc) is 2.30. The average molecular weight is 1050 g/mol. The summed E-state index contributed by atoms with van der Waals surface area (Å²) in [7, 11) is 0. The molecule has 0 amide bonds. The first-order valence-electron chi connectivity index (χ1n) is 29.7. The Kier molecular flexibility index (Phi) is 11.7. The van der Waals surface area contributed by atoms with Crippen LogP contribution in [0.25, 0.3) is 22.3 Å². The molecule has 2 aliphatic carbocycles. The molecule has 9 aromatic carbocycles. The van der Waals surface area contributed by atoms with E-state index in [1.807, 2.05) is 0 Å². The molecule has 0 N–H and O–H groups in total. The van der Waals surface area contributed by atoms with Crippen LogP contribution in [0.3, 0.4) is 0 Å². The van der Waals surface area contributed by atoms with E-state index in [0.29, 0.717) is 0 Å². The highest BCUT2D eigenvalue weighted by atomic mass is 15.2. The molecule has 0 saturated heterocycles. The van der Waals surface area contributed by atoms with Crippen molar-refractivity contribution in [3.05, 3.63) is 275 Å². The van der Waals surface area contributed by atoms with Crippen molar-refractivity contribution in [2.45, 2.75) is 121 Å². The summed E-state index contributed by atoms with van der Waals surface area (Å²) in [6.07, 6.45) is 9.79. The Hall–Kier alpha value is -8.08. The summed E-state index contributed by atoms with van der Waals surface area (Å²) >= 11 is 0. The number of nitrogens with zero attached hydrogens (tertiary/aromatic N) is 3. The van der Waals surface area contributed by atoms with Crippen molar-refractivity contribution in [3.8, 4) is 22.3 Å². The van der Waals surface area contributed by atoms with E-state index < -0.39 is 5.41 Å².